The van der Waals surface area contributed by atoms with Crippen molar-refractivity contribution in [2.45, 2.75) is 46.5 Å². The molecule has 0 heterocycles. The summed E-state index contributed by atoms with van der Waals surface area (Å²) < 4.78 is 40.0. The molecule has 0 bridgehead atoms. The second-order valence-electron chi connectivity index (χ2n) is 7.12. The Bertz CT molecular complexity index is 857. The van der Waals surface area contributed by atoms with Crippen molar-refractivity contribution in [3.05, 3.63) is 65.0 Å². The molecule has 0 saturated heterocycles. The topological polar surface area (TPSA) is 95.9 Å². The number of aliphatic hydroxyl groups excluding tert-OH is 1. The van der Waals surface area contributed by atoms with Crippen molar-refractivity contribution in [3.63, 3.8) is 0 Å². The van der Waals surface area contributed by atoms with Crippen molar-refractivity contribution in [3.8, 4) is 5.75 Å². The van der Waals surface area contributed by atoms with Crippen LogP contribution in [0.5, 0.6) is 5.75 Å². The highest BCUT2D eigenvalue weighted by atomic mass is 19.3. The maximum atomic E-state index is 12.7. The van der Waals surface area contributed by atoms with Crippen molar-refractivity contribution in [2.75, 3.05) is 0 Å². The molecule has 1 amide bonds. The summed E-state index contributed by atoms with van der Waals surface area (Å²) in [4.78, 5) is 22.3. The van der Waals surface area contributed by atoms with E-state index in [9.17, 15) is 22.8 Å². The van der Waals surface area contributed by atoms with Gasteiger partial charge in [-0.3, -0.25) is 4.79 Å². The number of hydrogen-bond donors (Lipinski definition) is 3. The smallest absolute Gasteiger partial charge is 0.387 e. The van der Waals surface area contributed by atoms with E-state index in [2.05, 4.69) is 10.1 Å². The zero-order valence-electron chi connectivity index (χ0n) is 17.4. The Kier molecular flexibility index (Phi) is 10.5. The fraction of sp³-hybridized carbons (Fsp3) is 0.364. The molecule has 1 atom stereocenters. The SMILES string of the molecule is CC(C)CC(=O)NC(C)c1ccc(C(=O)O)cc1.OCc1ccc(F)c(OC(F)F)c1. The zero-order chi connectivity index (χ0) is 23.6. The van der Waals surface area contributed by atoms with Crippen molar-refractivity contribution < 1.29 is 37.7 Å². The largest absolute Gasteiger partial charge is 0.478 e. The Morgan fingerprint density at radius 1 is 1.06 bits per heavy atom. The molecule has 2 aromatic rings. The Morgan fingerprint density at radius 3 is 2.16 bits per heavy atom. The number of amides is 1. The molecular formula is C22H26F3NO5. The predicted molar refractivity (Wildman–Crippen MR) is 108 cm³/mol. The molecule has 0 aromatic heterocycles. The van der Waals surface area contributed by atoms with Crippen LogP contribution in [-0.4, -0.2) is 28.7 Å². The van der Waals surface area contributed by atoms with Crippen LogP contribution in [0.2, 0.25) is 0 Å². The summed E-state index contributed by atoms with van der Waals surface area (Å²) >= 11 is 0. The summed E-state index contributed by atoms with van der Waals surface area (Å²) in [7, 11) is 0. The standard InChI is InChI=1S/C14H19NO3.C8H7F3O2/c1-9(2)8-13(16)15-10(3)11-4-6-12(7-5-11)14(17)18;9-6-2-1-5(4-12)3-7(6)13-8(10)11/h4-7,9-10H,8H2,1-3H3,(H,15,16)(H,17,18);1-3,8,12H,4H2. The van der Waals surface area contributed by atoms with E-state index in [1.165, 1.54) is 6.07 Å². The second-order valence-corrected chi connectivity index (χ2v) is 7.12. The van der Waals surface area contributed by atoms with Crippen LogP contribution in [0.4, 0.5) is 13.2 Å². The first kappa shape index (κ1) is 26.0. The van der Waals surface area contributed by atoms with E-state index in [0.717, 1.165) is 17.7 Å². The van der Waals surface area contributed by atoms with Gasteiger partial charge in [-0.05, 0) is 48.2 Å². The highest BCUT2D eigenvalue weighted by Gasteiger charge is 2.12. The lowest BCUT2D eigenvalue weighted by atomic mass is 10.1. The van der Waals surface area contributed by atoms with Crippen LogP contribution in [0.25, 0.3) is 0 Å². The summed E-state index contributed by atoms with van der Waals surface area (Å²) in [6, 6.07) is 9.71. The number of alkyl halides is 2. The van der Waals surface area contributed by atoms with Gasteiger partial charge in [-0.15, -0.1) is 0 Å². The third-order valence-electron chi connectivity index (χ3n) is 4.02. The van der Waals surface area contributed by atoms with Gasteiger partial charge in [0.2, 0.25) is 5.91 Å². The molecule has 0 aliphatic carbocycles. The Morgan fingerprint density at radius 2 is 1.68 bits per heavy atom. The molecule has 0 aliphatic heterocycles. The molecule has 2 aromatic carbocycles. The number of carboxylic acids is 1. The molecule has 6 nitrogen and oxygen atoms in total. The summed E-state index contributed by atoms with van der Waals surface area (Å²) in [5.41, 5.74) is 1.47. The Hall–Kier alpha value is -3.07. The summed E-state index contributed by atoms with van der Waals surface area (Å²) in [5, 5.41) is 20.3. The fourth-order valence-electron chi connectivity index (χ4n) is 2.50. The molecule has 0 aliphatic rings. The monoisotopic (exact) mass is 441 g/mol. The van der Waals surface area contributed by atoms with Crippen LogP contribution in [0.1, 0.15) is 54.7 Å². The number of ether oxygens (including phenoxy) is 1. The first-order valence-electron chi connectivity index (χ1n) is 9.50. The van der Waals surface area contributed by atoms with Gasteiger partial charge in [0.05, 0.1) is 18.2 Å². The van der Waals surface area contributed by atoms with Gasteiger partial charge < -0.3 is 20.3 Å². The maximum absolute atomic E-state index is 12.7. The zero-order valence-corrected chi connectivity index (χ0v) is 17.4. The molecule has 170 valence electrons. The van der Waals surface area contributed by atoms with Crippen LogP contribution >= 0.6 is 0 Å². The lowest BCUT2D eigenvalue weighted by Gasteiger charge is -2.15. The third kappa shape index (κ3) is 9.52. The molecule has 31 heavy (non-hydrogen) atoms. The predicted octanol–water partition coefficient (Wildman–Crippen LogP) is 4.53. The Labute approximate surface area is 178 Å². The quantitative estimate of drug-likeness (QED) is 0.560. The number of halogens is 3. The minimum absolute atomic E-state index is 0.0137. The van der Waals surface area contributed by atoms with Gasteiger partial charge in [0.1, 0.15) is 0 Å². The van der Waals surface area contributed by atoms with Crippen LogP contribution in [0, 0.1) is 11.7 Å². The highest BCUT2D eigenvalue weighted by Crippen LogP contribution is 2.20. The van der Waals surface area contributed by atoms with Crippen molar-refractivity contribution in [1.82, 2.24) is 5.32 Å². The third-order valence-corrected chi connectivity index (χ3v) is 4.02. The van der Waals surface area contributed by atoms with Gasteiger partial charge in [-0.1, -0.05) is 32.0 Å². The molecule has 3 N–H and O–H groups in total. The Balaban J connectivity index is 0.000000327. The number of carboxylic acid groups (broad SMARTS) is 1. The van der Waals surface area contributed by atoms with E-state index >= 15 is 0 Å². The van der Waals surface area contributed by atoms with E-state index < -0.39 is 24.1 Å². The van der Waals surface area contributed by atoms with E-state index in [4.69, 9.17) is 10.2 Å². The number of nitrogens with one attached hydrogen (secondary N) is 1. The van der Waals surface area contributed by atoms with E-state index in [1.54, 1.807) is 24.3 Å². The van der Waals surface area contributed by atoms with Gasteiger partial charge in [-0.25, -0.2) is 9.18 Å². The van der Waals surface area contributed by atoms with E-state index in [1.807, 2.05) is 20.8 Å². The van der Waals surface area contributed by atoms with Crippen LogP contribution < -0.4 is 10.1 Å². The van der Waals surface area contributed by atoms with Gasteiger partial charge in [0, 0.05) is 6.42 Å². The lowest BCUT2D eigenvalue weighted by molar-refractivity contribution is -0.122. The van der Waals surface area contributed by atoms with Crippen LogP contribution in [0.3, 0.4) is 0 Å². The maximum Gasteiger partial charge on any atom is 0.387 e. The number of aliphatic hydroxyl groups is 1. The number of benzene rings is 2. The molecule has 0 fully saturated rings. The van der Waals surface area contributed by atoms with Gasteiger partial charge in [-0.2, -0.15) is 8.78 Å². The van der Waals surface area contributed by atoms with Crippen molar-refractivity contribution >= 4 is 11.9 Å². The van der Waals surface area contributed by atoms with Gasteiger partial charge >= 0.3 is 12.6 Å². The number of carbonyl (C=O) groups excluding carboxylic acids is 1. The van der Waals surface area contributed by atoms with Gasteiger partial charge in [0.25, 0.3) is 0 Å². The average molecular weight is 441 g/mol. The summed E-state index contributed by atoms with van der Waals surface area (Å²) in [6.07, 6.45) is 0.498. The first-order chi connectivity index (χ1) is 14.5. The second kappa shape index (κ2) is 12.6. The first-order valence-corrected chi connectivity index (χ1v) is 9.50. The summed E-state index contributed by atoms with van der Waals surface area (Å²) in [5.74, 6) is -2.04. The lowest BCUT2D eigenvalue weighted by Crippen LogP contribution is -2.27. The average Bonchev–Trinajstić information content (AvgIpc) is 2.69. The minimum Gasteiger partial charge on any atom is -0.478 e. The van der Waals surface area contributed by atoms with Crippen LogP contribution in [-0.2, 0) is 11.4 Å². The molecule has 9 heteroatoms. The number of carbonyl (C=O) groups is 2. The van der Waals surface area contributed by atoms with E-state index in [0.29, 0.717) is 17.9 Å². The fourth-order valence-corrected chi connectivity index (χ4v) is 2.50. The molecular weight excluding hydrogens is 415 g/mol. The molecule has 1 unspecified atom stereocenters. The summed E-state index contributed by atoms with van der Waals surface area (Å²) in [6.45, 7) is 2.45. The van der Waals surface area contributed by atoms with Crippen molar-refractivity contribution in [1.29, 1.82) is 0 Å². The molecule has 0 spiro atoms. The number of aromatic carboxylic acids is 1. The number of rotatable bonds is 8. The van der Waals surface area contributed by atoms with Crippen molar-refractivity contribution in [2.24, 2.45) is 5.92 Å². The highest BCUT2D eigenvalue weighted by molar-refractivity contribution is 5.87. The molecule has 0 radical (unpaired) electrons. The minimum atomic E-state index is -3.07. The van der Waals surface area contributed by atoms with Gasteiger partial charge in [0.15, 0.2) is 11.6 Å². The number of hydrogen-bond acceptors (Lipinski definition) is 4. The van der Waals surface area contributed by atoms with E-state index in [-0.39, 0.29) is 24.1 Å². The normalized spacial score (nSPS) is 11.5. The molecule has 2 rings (SSSR count). The molecule has 0 saturated carbocycles. The van der Waals surface area contributed by atoms with Crippen LogP contribution in [0.15, 0.2) is 42.5 Å².